The van der Waals surface area contributed by atoms with Gasteiger partial charge in [-0.05, 0) is 12.8 Å². The van der Waals surface area contributed by atoms with Crippen LogP contribution in [0.4, 0.5) is 0 Å². The fourth-order valence-corrected chi connectivity index (χ4v) is 2.97. The van der Waals surface area contributed by atoms with Crippen LogP contribution in [0.3, 0.4) is 0 Å². The molecule has 1 aliphatic heterocycles. The molecule has 138 valence electrons. The standard InChI is InChI=1S/C17H28N6O2/c1-12(2)11-24-13(3)16-20-15(25-21-16)10-23-8-5-18-9-14(23)17-19-6-7-22(17)4/h6-7,12-14,18H,5,8-11H2,1-4H3. The molecule has 1 saturated heterocycles. The van der Waals surface area contributed by atoms with Gasteiger partial charge in [0, 0.05) is 45.7 Å². The first kappa shape index (κ1) is 18.0. The molecule has 3 heterocycles. The van der Waals surface area contributed by atoms with Crippen LogP contribution in [0.5, 0.6) is 0 Å². The molecule has 0 amide bonds. The van der Waals surface area contributed by atoms with Crippen molar-refractivity contribution in [3.05, 3.63) is 29.9 Å². The van der Waals surface area contributed by atoms with E-state index in [-0.39, 0.29) is 12.1 Å². The average Bonchev–Trinajstić information content (AvgIpc) is 3.22. The molecule has 25 heavy (non-hydrogen) atoms. The van der Waals surface area contributed by atoms with E-state index in [4.69, 9.17) is 9.26 Å². The highest BCUT2D eigenvalue weighted by atomic mass is 16.5. The SMILES string of the molecule is CC(C)COC(C)c1noc(CN2CCNCC2c2nccn2C)n1. The Hall–Kier alpha value is -1.77. The van der Waals surface area contributed by atoms with Gasteiger partial charge in [-0.15, -0.1) is 0 Å². The summed E-state index contributed by atoms with van der Waals surface area (Å²) in [6, 6.07) is 0.193. The van der Waals surface area contributed by atoms with Crippen LogP contribution in [-0.2, 0) is 18.3 Å². The van der Waals surface area contributed by atoms with E-state index < -0.39 is 0 Å². The molecule has 0 spiro atoms. The first-order valence-electron chi connectivity index (χ1n) is 8.90. The number of nitrogens with zero attached hydrogens (tertiary/aromatic N) is 5. The Kier molecular flexibility index (Phi) is 5.82. The second-order valence-corrected chi connectivity index (χ2v) is 7.00. The van der Waals surface area contributed by atoms with Crippen molar-refractivity contribution < 1.29 is 9.26 Å². The van der Waals surface area contributed by atoms with Crippen molar-refractivity contribution in [3.8, 4) is 0 Å². The number of ether oxygens (including phenoxy) is 1. The number of hydrogen-bond donors (Lipinski definition) is 1. The Bertz CT molecular complexity index is 668. The predicted molar refractivity (Wildman–Crippen MR) is 92.7 cm³/mol. The third kappa shape index (κ3) is 4.45. The molecule has 3 rings (SSSR count). The molecule has 0 bridgehead atoms. The maximum absolute atomic E-state index is 5.77. The lowest BCUT2D eigenvalue weighted by Gasteiger charge is -2.34. The van der Waals surface area contributed by atoms with Crippen LogP contribution in [0.15, 0.2) is 16.9 Å². The van der Waals surface area contributed by atoms with E-state index in [1.165, 1.54) is 0 Å². The number of piperazine rings is 1. The minimum absolute atomic E-state index is 0.159. The summed E-state index contributed by atoms with van der Waals surface area (Å²) in [5.41, 5.74) is 0. The molecule has 0 aromatic carbocycles. The first-order valence-corrected chi connectivity index (χ1v) is 8.90. The van der Waals surface area contributed by atoms with E-state index in [0.29, 0.717) is 30.8 Å². The van der Waals surface area contributed by atoms with Gasteiger partial charge in [-0.3, -0.25) is 4.90 Å². The maximum Gasteiger partial charge on any atom is 0.240 e. The van der Waals surface area contributed by atoms with Gasteiger partial charge < -0.3 is 19.1 Å². The van der Waals surface area contributed by atoms with Gasteiger partial charge in [0.25, 0.3) is 0 Å². The van der Waals surface area contributed by atoms with Gasteiger partial charge in [-0.1, -0.05) is 19.0 Å². The fourth-order valence-electron chi connectivity index (χ4n) is 2.97. The minimum Gasteiger partial charge on any atom is -0.370 e. The van der Waals surface area contributed by atoms with Crippen LogP contribution < -0.4 is 5.32 Å². The fraction of sp³-hybridized carbons (Fsp3) is 0.706. The van der Waals surface area contributed by atoms with E-state index in [2.05, 4.69) is 43.8 Å². The monoisotopic (exact) mass is 348 g/mol. The van der Waals surface area contributed by atoms with Crippen LogP contribution in [0.25, 0.3) is 0 Å². The van der Waals surface area contributed by atoms with E-state index in [1.54, 1.807) is 0 Å². The summed E-state index contributed by atoms with van der Waals surface area (Å²) in [6.45, 7) is 10.2. The molecule has 0 aliphatic carbocycles. The molecule has 2 aromatic heterocycles. The third-order valence-corrected chi connectivity index (χ3v) is 4.38. The molecule has 8 heteroatoms. The number of aryl methyl sites for hydroxylation is 1. The topological polar surface area (TPSA) is 81.2 Å². The summed E-state index contributed by atoms with van der Waals surface area (Å²) in [6.07, 6.45) is 3.65. The zero-order chi connectivity index (χ0) is 17.8. The van der Waals surface area contributed by atoms with Crippen molar-refractivity contribution in [2.75, 3.05) is 26.2 Å². The van der Waals surface area contributed by atoms with Crippen molar-refractivity contribution >= 4 is 0 Å². The molecular weight excluding hydrogens is 320 g/mol. The van der Waals surface area contributed by atoms with Gasteiger partial charge in [0.2, 0.25) is 5.89 Å². The number of rotatable bonds is 7. The Morgan fingerprint density at radius 1 is 1.40 bits per heavy atom. The second-order valence-electron chi connectivity index (χ2n) is 7.00. The Morgan fingerprint density at radius 2 is 2.24 bits per heavy atom. The van der Waals surface area contributed by atoms with Gasteiger partial charge in [-0.2, -0.15) is 4.98 Å². The molecule has 2 unspecified atom stereocenters. The van der Waals surface area contributed by atoms with Crippen molar-refractivity contribution in [3.63, 3.8) is 0 Å². The normalized spacial score (nSPS) is 20.3. The lowest BCUT2D eigenvalue weighted by Crippen LogP contribution is -2.46. The van der Waals surface area contributed by atoms with Crippen molar-refractivity contribution in [2.45, 2.75) is 39.5 Å². The highest BCUT2D eigenvalue weighted by Crippen LogP contribution is 2.23. The molecule has 1 aliphatic rings. The zero-order valence-corrected chi connectivity index (χ0v) is 15.5. The van der Waals surface area contributed by atoms with Gasteiger partial charge in [-0.25, -0.2) is 4.98 Å². The summed E-state index contributed by atoms with van der Waals surface area (Å²) in [5.74, 6) is 2.75. The van der Waals surface area contributed by atoms with Crippen molar-refractivity contribution in [2.24, 2.45) is 13.0 Å². The number of imidazole rings is 1. The molecular formula is C17H28N6O2. The smallest absolute Gasteiger partial charge is 0.240 e. The van der Waals surface area contributed by atoms with Gasteiger partial charge in [0.05, 0.1) is 12.6 Å². The lowest BCUT2D eigenvalue weighted by atomic mass is 10.1. The van der Waals surface area contributed by atoms with Crippen LogP contribution in [0.1, 0.15) is 50.5 Å². The van der Waals surface area contributed by atoms with Gasteiger partial charge in [0.15, 0.2) is 5.82 Å². The number of hydrogen-bond acceptors (Lipinski definition) is 7. The van der Waals surface area contributed by atoms with E-state index >= 15 is 0 Å². The Balaban J connectivity index is 1.65. The van der Waals surface area contributed by atoms with Crippen LogP contribution in [0, 0.1) is 5.92 Å². The molecule has 1 N–H and O–H groups in total. The molecule has 0 saturated carbocycles. The van der Waals surface area contributed by atoms with Gasteiger partial charge in [0.1, 0.15) is 11.9 Å². The summed E-state index contributed by atoms with van der Waals surface area (Å²) < 4.78 is 13.3. The summed E-state index contributed by atoms with van der Waals surface area (Å²) in [7, 11) is 2.02. The Morgan fingerprint density at radius 3 is 2.96 bits per heavy atom. The average molecular weight is 348 g/mol. The lowest BCUT2D eigenvalue weighted by molar-refractivity contribution is 0.0402. The van der Waals surface area contributed by atoms with Crippen LogP contribution in [-0.4, -0.2) is 50.8 Å². The highest BCUT2D eigenvalue weighted by Gasteiger charge is 2.28. The summed E-state index contributed by atoms with van der Waals surface area (Å²) in [4.78, 5) is 11.4. The molecule has 0 radical (unpaired) electrons. The summed E-state index contributed by atoms with van der Waals surface area (Å²) in [5, 5.41) is 7.53. The molecule has 2 aromatic rings. The molecule has 8 nitrogen and oxygen atoms in total. The molecule has 1 fully saturated rings. The van der Waals surface area contributed by atoms with Crippen molar-refractivity contribution in [1.82, 2.24) is 29.9 Å². The highest BCUT2D eigenvalue weighted by molar-refractivity contribution is 5.03. The third-order valence-electron chi connectivity index (χ3n) is 4.38. The van der Waals surface area contributed by atoms with Crippen molar-refractivity contribution in [1.29, 1.82) is 0 Å². The largest absolute Gasteiger partial charge is 0.370 e. The van der Waals surface area contributed by atoms with E-state index in [0.717, 1.165) is 25.5 Å². The number of nitrogens with one attached hydrogen (secondary N) is 1. The van der Waals surface area contributed by atoms with Gasteiger partial charge >= 0.3 is 0 Å². The quantitative estimate of drug-likeness (QED) is 0.815. The van der Waals surface area contributed by atoms with E-state index in [9.17, 15) is 0 Å². The minimum atomic E-state index is -0.159. The zero-order valence-electron chi connectivity index (χ0n) is 15.5. The first-order chi connectivity index (χ1) is 12.0. The summed E-state index contributed by atoms with van der Waals surface area (Å²) >= 11 is 0. The maximum atomic E-state index is 5.77. The number of aromatic nitrogens is 4. The second kappa shape index (κ2) is 8.07. The Labute approximate surface area is 148 Å². The molecule has 2 atom stereocenters. The predicted octanol–water partition coefficient (Wildman–Crippen LogP) is 1.68. The van der Waals surface area contributed by atoms with Crippen LogP contribution >= 0.6 is 0 Å². The van der Waals surface area contributed by atoms with E-state index in [1.807, 2.05) is 26.4 Å². The van der Waals surface area contributed by atoms with Crippen LogP contribution in [0.2, 0.25) is 0 Å².